The van der Waals surface area contributed by atoms with Crippen molar-refractivity contribution in [1.29, 1.82) is 0 Å². The van der Waals surface area contributed by atoms with Gasteiger partial charge in [0.05, 0.1) is 6.42 Å². The first kappa shape index (κ1) is 27.7. The van der Waals surface area contributed by atoms with Gasteiger partial charge >= 0.3 is 12.7 Å². The highest BCUT2D eigenvalue weighted by atomic mass is 19.3. The lowest BCUT2D eigenvalue weighted by molar-refractivity contribution is -0.183. The van der Waals surface area contributed by atoms with E-state index in [4.69, 9.17) is 0 Å². The van der Waals surface area contributed by atoms with Crippen LogP contribution in [0, 0.1) is 35.3 Å². The van der Waals surface area contributed by atoms with Crippen molar-refractivity contribution in [3.05, 3.63) is 35.9 Å². The van der Waals surface area contributed by atoms with Crippen LogP contribution in [0.15, 0.2) is 24.3 Å². The average Bonchev–Trinajstić information content (AvgIpc) is 2.80. The Balaban J connectivity index is 1.40. The van der Waals surface area contributed by atoms with Crippen LogP contribution in [-0.2, 0) is 0 Å². The summed E-state index contributed by atoms with van der Waals surface area (Å²) in [5.74, 6) is -2.96. The number of ether oxygens (including phenoxy) is 2. The van der Waals surface area contributed by atoms with Crippen LogP contribution < -0.4 is 9.47 Å². The number of alkyl halides is 4. The van der Waals surface area contributed by atoms with E-state index in [0.717, 1.165) is 31.6 Å². The molecule has 0 bridgehead atoms. The second-order valence-electron chi connectivity index (χ2n) is 10.1. The van der Waals surface area contributed by atoms with Gasteiger partial charge in [-0.3, -0.25) is 0 Å². The number of rotatable bonds is 11. The monoisotopic (exact) mass is 506 g/mol. The topological polar surface area (TPSA) is 18.5 Å². The highest BCUT2D eigenvalue weighted by Gasteiger charge is 2.34. The highest BCUT2D eigenvalue weighted by Crippen LogP contribution is 2.38. The van der Waals surface area contributed by atoms with Gasteiger partial charge in [-0.1, -0.05) is 31.9 Å². The molecular formula is C27H36F6O2. The summed E-state index contributed by atoms with van der Waals surface area (Å²) < 4.78 is 88.7. The third-order valence-electron chi connectivity index (χ3n) is 7.42. The van der Waals surface area contributed by atoms with Gasteiger partial charge in [0, 0.05) is 12.1 Å². The summed E-state index contributed by atoms with van der Waals surface area (Å²) in [4.78, 5) is 0. The predicted molar refractivity (Wildman–Crippen MR) is 123 cm³/mol. The number of halogens is 6. The van der Waals surface area contributed by atoms with Gasteiger partial charge < -0.3 is 9.47 Å². The summed E-state index contributed by atoms with van der Waals surface area (Å²) in [7, 11) is 0. The van der Waals surface area contributed by atoms with Crippen molar-refractivity contribution in [3.63, 3.8) is 0 Å². The first-order valence-corrected chi connectivity index (χ1v) is 12.8. The van der Waals surface area contributed by atoms with E-state index in [9.17, 15) is 26.3 Å². The van der Waals surface area contributed by atoms with E-state index in [0.29, 0.717) is 24.0 Å². The molecule has 0 N–H and O–H groups in total. The molecule has 0 aromatic heterocycles. The zero-order chi connectivity index (χ0) is 25.4. The first-order valence-electron chi connectivity index (χ1n) is 12.8. The van der Waals surface area contributed by atoms with Crippen molar-refractivity contribution < 1.29 is 35.8 Å². The maximum atomic E-state index is 14.3. The number of allylic oxidation sites excluding steroid dienone is 2. The third-order valence-corrected chi connectivity index (χ3v) is 7.42. The summed E-state index contributed by atoms with van der Waals surface area (Å²) >= 11 is 0. The summed E-state index contributed by atoms with van der Waals surface area (Å²) in [5, 5.41) is 0. The molecule has 0 saturated heterocycles. The van der Waals surface area contributed by atoms with Gasteiger partial charge in [-0.2, -0.15) is 17.6 Å². The molecule has 2 aliphatic rings. The van der Waals surface area contributed by atoms with E-state index in [1.807, 2.05) is 0 Å². The maximum absolute atomic E-state index is 14.3. The van der Waals surface area contributed by atoms with E-state index < -0.39 is 42.3 Å². The molecule has 1 aromatic carbocycles. The quantitative estimate of drug-likeness (QED) is 0.220. The Morgan fingerprint density at radius 2 is 1.34 bits per heavy atom. The molecule has 2 aliphatic carbocycles. The fourth-order valence-electron chi connectivity index (χ4n) is 5.45. The van der Waals surface area contributed by atoms with E-state index in [1.165, 1.54) is 38.5 Å². The Morgan fingerprint density at radius 1 is 0.857 bits per heavy atom. The van der Waals surface area contributed by atoms with Crippen molar-refractivity contribution in [2.24, 2.45) is 23.7 Å². The minimum Gasteiger partial charge on any atom is -0.432 e. The van der Waals surface area contributed by atoms with Gasteiger partial charge in [-0.05, 0) is 81.5 Å². The molecule has 0 heterocycles. The first-order chi connectivity index (χ1) is 16.6. The Hall–Kier alpha value is -1.86. The predicted octanol–water partition coefficient (Wildman–Crippen LogP) is 9.29. The Morgan fingerprint density at radius 3 is 1.80 bits per heavy atom. The molecule has 1 aromatic rings. The molecule has 198 valence electrons. The van der Waals surface area contributed by atoms with Gasteiger partial charge in [0.2, 0.25) is 0 Å². The van der Waals surface area contributed by atoms with Gasteiger partial charge in [-0.25, -0.2) is 8.78 Å². The number of hydrogen-bond donors (Lipinski definition) is 0. The Kier molecular flexibility index (Phi) is 10.2. The SMILES string of the molecule is CCCC1CCC(/C=C/C2CCC(CCC(F)(F)Oc3cc(F)c(OC(F)F)c(F)c3)CC2)CC1. The summed E-state index contributed by atoms with van der Waals surface area (Å²) in [6.45, 7) is -1.20. The lowest BCUT2D eigenvalue weighted by Gasteiger charge is -2.29. The third kappa shape index (κ3) is 8.94. The molecule has 8 heteroatoms. The fourth-order valence-corrected chi connectivity index (χ4v) is 5.45. The Bertz CT molecular complexity index is 789. The molecule has 0 atom stereocenters. The second-order valence-corrected chi connectivity index (χ2v) is 10.1. The van der Waals surface area contributed by atoms with Gasteiger partial charge in [0.25, 0.3) is 0 Å². The summed E-state index contributed by atoms with van der Waals surface area (Å²) in [6, 6.07) is 0.838. The minimum atomic E-state index is -3.63. The van der Waals surface area contributed by atoms with Crippen LogP contribution in [-0.4, -0.2) is 12.7 Å². The van der Waals surface area contributed by atoms with Crippen LogP contribution in [0.25, 0.3) is 0 Å². The fraction of sp³-hybridized carbons (Fsp3) is 0.704. The molecule has 2 saturated carbocycles. The largest absolute Gasteiger partial charge is 0.432 e. The number of hydrogen-bond acceptors (Lipinski definition) is 2. The molecule has 0 unspecified atom stereocenters. The molecule has 0 radical (unpaired) electrons. The van der Waals surface area contributed by atoms with Crippen molar-refractivity contribution >= 4 is 0 Å². The van der Waals surface area contributed by atoms with Crippen LogP contribution in [0.4, 0.5) is 26.3 Å². The maximum Gasteiger partial charge on any atom is 0.397 e. The summed E-state index contributed by atoms with van der Waals surface area (Å²) in [5.41, 5.74) is 0. The van der Waals surface area contributed by atoms with Crippen LogP contribution in [0.3, 0.4) is 0 Å². The van der Waals surface area contributed by atoms with E-state index >= 15 is 0 Å². The van der Waals surface area contributed by atoms with E-state index in [1.54, 1.807) is 0 Å². The van der Waals surface area contributed by atoms with Gasteiger partial charge in [0.15, 0.2) is 17.4 Å². The zero-order valence-electron chi connectivity index (χ0n) is 20.3. The molecule has 35 heavy (non-hydrogen) atoms. The Labute approximate surface area is 204 Å². The second kappa shape index (κ2) is 12.9. The van der Waals surface area contributed by atoms with Crippen molar-refractivity contribution in [3.8, 4) is 11.5 Å². The lowest BCUT2D eigenvalue weighted by atomic mass is 9.77. The van der Waals surface area contributed by atoms with Crippen LogP contribution >= 0.6 is 0 Å². The zero-order valence-corrected chi connectivity index (χ0v) is 20.3. The van der Waals surface area contributed by atoms with Gasteiger partial charge in [0.1, 0.15) is 5.75 Å². The highest BCUT2D eigenvalue weighted by molar-refractivity contribution is 5.35. The standard InChI is InChI=1S/C27H36F6O2/c1-2-3-18-4-6-19(7-5-18)8-9-20-10-12-21(13-11-20)14-15-27(32,33)35-22-16-23(28)25(24(29)17-22)34-26(30)31/h8-9,16-21,26H,2-7,10-15H2,1H3/b9-8+. The molecular weight excluding hydrogens is 470 g/mol. The molecule has 3 rings (SSSR count). The molecule has 0 spiro atoms. The molecule has 2 nitrogen and oxygen atoms in total. The van der Waals surface area contributed by atoms with Crippen LogP contribution in [0.5, 0.6) is 11.5 Å². The van der Waals surface area contributed by atoms with E-state index in [2.05, 4.69) is 28.5 Å². The molecule has 0 amide bonds. The normalized spacial score (nSPS) is 25.8. The molecule has 2 fully saturated rings. The van der Waals surface area contributed by atoms with E-state index in [-0.39, 0.29) is 12.3 Å². The summed E-state index contributed by atoms with van der Waals surface area (Å²) in [6.07, 6.45) is 12.2. The van der Waals surface area contributed by atoms with Crippen LogP contribution in [0.1, 0.15) is 84.0 Å². The average molecular weight is 507 g/mol. The van der Waals surface area contributed by atoms with Gasteiger partial charge in [-0.15, -0.1) is 0 Å². The molecule has 0 aliphatic heterocycles. The lowest BCUT2D eigenvalue weighted by Crippen LogP contribution is -2.26. The number of benzene rings is 1. The van der Waals surface area contributed by atoms with Crippen molar-refractivity contribution in [2.75, 3.05) is 0 Å². The van der Waals surface area contributed by atoms with Crippen molar-refractivity contribution in [1.82, 2.24) is 0 Å². The van der Waals surface area contributed by atoms with Crippen molar-refractivity contribution in [2.45, 2.75) is 96.7 Å². The smallest absolute Gasteiger partial charge is 0.397 e. The van der Waals surface area contributed by atoms with Crippen LogP contribution in [0.2, 0.25) is 0 Å². The minimum absolute atomic E-state index is 0.147.